The summed E-state index contributed by atoms with van der Waals surface area (Å²) >= 11 is 0. The fraction of sp³-hybridized carbons (Fsp3) is 0.308. The van der Waals surface area contributed by atoms with Gasteiger partial charge in [-0.3, -0.25) is 14.1 Å². The maximum Gasteiger partial charge on any atom is 0.120 e. The standard InChI is InChI=1S/C7H6O.C6H9N3O6S.Na.H/c1-2-6-4-7(3-1)8-5-6;1-15-8-2-4-5(7-3-10)6(11)9(4)16(12,13)14;;/h1-4H,5H2;2-5H,1H3,(H,7,10)(H,12,13,14);;/t;4-,5+;;/m.1../s1. The molecule has 0 unspecified atom stereocenters. The molecule has 2 N–H and O–H groups in total. The monoisotopic (exact) mass is 381 g/mol. The van der Waals surface area contributed by atoms with Crippen LogP contribution in [0.1, 0.15) is 5.56 Å². The number of rotatable bonds is 5. The number of hydrogen-bond donors (Lipinski definition) is 2. The van der Waals surface area contributed by atoms with E-state index < -0.39 is 28.3 Å². The van der Waals surface area contributed by atoms with Crippen molar-refractivity contribution in [3.8, 4) is 5.75 Å². The number of oxime groups is 1. The first-order chi connectivity index (χ1) is 11.4. The Hall–Kier alpha value is -1.66. The zero-order valence-corrected chi connectivity index (χ0v) is 13.3. The van der Waals surface area contributed by atoms with Crippen molar-refractivity contribution < 1.29 is 32.1 Å². The summed E-state index contributed by atoms with van der Waals surface area (Å²) in [7, 11) is -3.45. The van der Waals surface area contributed by atoms with Crippen LogP contribution in [0.15, 0.2) is 29.4 Å². The zero-order valence-electron chi connectivity index (χ0n) is 12.5. The average molecular weight is 381 g/mol. The first-order valence-electron chi connectivity index (χ1n) is 6.67. The second kappa shape index (κ2) is 9.15. The van der Waals surface area contributed by atoms with Gasteiger partial charge in [-0.1, -0.05) is 17.3 Å². The fourth-order valence-electron chi connectivity index (χ4n) is 2.16. The maximum atomic E-state index is 11.2. The third-order valence-corrected chi connectivity index (χ3v) is 4.14. The van der Waals surface area contributed by atoms with Crippen molar-refractivity contribution in [2.24, 2.45) is 5.16 Å². The van der Waals surface area contributed by atoms with Gasteiger partial charge in [-0.15, -0.1) is 0 Å². The summed E-state index contributed by atoms with van der Waals surface area (Å²) < 4.78 is 35.7. The Morgan fingerprint density at radius 1 is 1.48 bits per heavy atom. The molecule has 2 aliphatic rings. The summed E-state index contributed by atoms with van der Waals surface area (Å²) in [4.78, 5) is 25.7. The van der Waals surface area contributed by atoms with E-state index in [2.05, 4.69) is 27.4 Å². The number of benzene rings is 1. The van der Waals surface area contributed by atoms with E-state index in [1.54, 1.807) is 0 Å². The van der Waals surface area contributed by atoms with Crippen molar-refractivity contribution in [3.05, 3.63) is 29.8 Å². The minimum absolute atomic E-state index is 0. The van der Waals surface area contributed by atoms with Crippen molar-refractivity contribution in [3.63, 3.8) is 0 Å². The number of amides is 2. The number of carbonyl (C=O) groups is 2. The molecular formula is C13H16N3NaO7S. The summed E-state index contributed by atoms with van der Waals surface area (Å²) in [6, 6.07) is 5.94. The molecule has 0 aliphatic carbocycles. The second-order valence-corrected chi connectivity index (χ2v) is 6.03. The molecular weight excluding hydrogens is 365 g/mol. The summed E-state index contributed by atoms with van der Waals surface area (Å²) in [5, 5.41) is 5.37. The minimum Gasteiger partial charge on any atom is -0.489 e. The van der Waals surface area contributed by atoms with Crippen LogP contribution in [0.3, 0.4) is 0 Å². The van der Waals surface area contributed by atoms with E-state index in [1.165, 1.54) is 12.7 Å². The topological polar surface area (TPSA) is 135 Å². The van der Waals surface area contributed by atoms with Gasteiger partial charge in [0.15, 0.2) is 0 Å². The van der Waals surface area contributed by atoms with Crippen molar-refractivity contribution in [2.45, 2.75) is 18.7 Å². The number of fused-ring (bicyclic) bond motifs is 2. The molecule has 0 spiro atoms. The van der Waals surface area contributed by atoms with Gasteiger partial charge in [-0.2, -0.15) is 8.42 Å². The summed E-state index contributed by atoms with van der Waals surface area (Å²) in [6.07, 6.45) is 1.23. The van der Waals surface area contributed by atoms with Gasteiger partial charge in [0.2, 0.25) is 6.41 Å². The normalized spacial score (nSPS) is 20.6. The molecule has 1 fully saturated rings. The van der Waals surface area contributed by atoms with Crippen LogP contribution in [-0.4, -0.2) is 84.6 Å². The molecule has 10 nitrogen and oxygen atoms in total. The summed E-state index contributed by atoms with van der Waals surface area (Å²) in [6.45, 7) is 0.766. The van der Waals surface area contributed by atoms with E-state index in [0.29, 0.717) is 0 Å². The molecule has 3 rings (SSSR count). The van der Waals surface area contributed by atoms with E-state index in [4.69, 9.17) is 9.29 Å². The van der Waals surface area contributed by atoms with Crippen LogP contribution in [-0.2, 0) is 31.3 Å². The van der Waals surface area contributed by atoms with Crippen LogP contribution in [0, 0.1) is 0 Å². The van der Waals surface area contributed by atoms with Gasteiger partial charge in [0.1, 0.15) is 31.5 Å². The largest absolute Gasteiger partial charge is 0.489 e. The molecule has 0 aromatic heterocycles. The van der Waals surface area contributed by atoms with Crippen LogP contribution in [0.2, 0.25) is 0 Å². The van der Waals surface area contributed by atoms with Gasteiger partial charge < -0.3 is 14.9 Å². The molecule has 2 amide bonds. The third-order valence-electron chi connectivity index (χ3n) is 3.21. The molecule has 25 heavy (non-hydrogen) atoms. The van der Waals surface area contributed by atoms with Crippen molar-refractivity contribution in [1.82, 2.24) is 9.62 Å². The minimum atomic E-state index is -4.67. The second-order valence-electron chi connectivity index (χ2n) is 4.74. The van der Waals surface area contributed by atoms with Crippen molar-refractivity contribution >= 4 is 58.4 Å². The molecule has 1 saturated heterocycles. The Morgan fingerprint density at radius 3 is 2.72 bits per heavy atom. The Labute approximate surface area is 166 Å². The number of hydrogen-bond acceptors (Lipinski definition) is 7. The summed E-state index contributed by atoms with van der Waals surface area (Å²) in [5.74, 6) is 0.0599. The van der Waals surface area contributed by atoms with E-state index in [0.717, 1.165) is 18.6 Å². The molecule has 0 saturated carbocycles. The Balaban J connectivity index is 0.000000288. The van der Waals surface area contributed by atoms with E-state index in [9.17, 15) is 18.0 Å². The SMILES string of the molecule is CON=C[C@@H]1[C@H](NC=O)C(=O)N1S(=O)(=O)O.[NaH].c1cc2cc(c1)OC2. The van der Waals surface area contributed by atoms with Gasteiger partial charge in [0, 0.05) is 0 Å². The van der Waals surface area contributed by atoms with Crippen molar-refractivity contribution in [2.75, 3.05) is 7.11 Å². The van der Waals surface area contributed by atoms with Gasteiger partial charge in [0.05, 0.1) is 6.21 Å². The molecule has 2 atom stereocenters. The Bertz CT molecular complexity index is 736. The van der Waals surface area contributed by atoms with E-state index in [1.807, 2.05) is 12.1 Å². The van der Waals surface area contributed by atoms with E-state index in [-0.39, 0.29) is 40.3 Å². The van der Waals surface area contributed by atoms with Crippen LogP contribution in [0.4, 0.5) is 0 Å². The molecule has 1 aromatic carbocycles. The first-order valence-corrected chi connectivity index (χ1v) is 8.07. The molecule has 132 valence electrons. The fourth-order valence-corrected chi connectivity index (χ4v) is 2.98. The van der Waals surface area contributed by atoms with Crippen LogP contribution in [0.25, 0.3) is 0 Å². The predicted molar refractivity (Wildman–Crippen MR) is 88.6 cm³/mol. The number of carbonyl (C=O) groups excluding carboxylic acids is 2. The van der Waals surface area contributed by atoms with E-state index >= 15 is 0 Å². The van der Waals surface area contributed by atoms with Crippen LogP contribution in [0.5, 0.6) is 5.75 Å². The quantitative estimate of drug-likeness (QED) is 0.161. The number of nitrogens with one attached hydrogen (secondary N) is 1. The number of ether oxygens (including phenoxy) is 1. The van der Waals surface area contributed by atoms with Crippen LogP contribution >= 0.6 is 0 Å². The zero-order chi connectivity index (χ0) is 17.7. The van der Waals surface area contributed by atoms with Gasteiger partial charge in [0.25, 0.3) is 5.91 Å². The predicted octanol–water partition coefficient (Wildman–Crippen LogP) is -1.32. The third kappa shape index (κ3) is 5.16. The average Bonchev–Trinajstić information content (AvgIpc) is 2.86. The summed E-state index contributed by atoms with van der Waals surface area (Å²) in [5.41, 5.74) is 1.28. The van der Waals surface area contributed by atoms with Gasteiger partial charge >= 0.3 is 39.9 Å². The van der Waals surface area contributed by atoms with Crippen LogP contribution < -0.4 is 10.1 Å². The van der Waals surface area contributed by atoms with Gasteiger partial charge in [-0.05, 0) is 17.7 Å². The molecule has 2 bridgehead atoms. The smallest absolute Gasteiger partial charge is 0.120 e. The maximum absolute atomic E-state index is 11.2. The first kappa shape index (κ1) is 21.4. The molecule has 2 heterocycles. The molecule has 2 aliphatic heterocycles. The number of β-lactam (4-membered cyclic amide) rings is 1. The number of nitrogens with zero attached hydrogens (tertiary/aromatic N) is 2. The molecule has 12 heteroatoms. The Kier molecular flexibility index (Phi) is 7.83. The molecule has 1 aromatic rings. The van der Waals surface area contributed by atoms with Crippen molar-refractivity contribution in [1.29, 1.82) is 0 Å². The molecule has 0 radical (unpaired) electrons. The van der Waals surface area contributed by atoms with Gasteiger partial charge in [-0.25, -0.2) is 4.31 Å². The Morgan fingerprint density at radius 2 is 2.20 bits per heavy atom.